The van der Waals surface area contributed by atoms with Gasteiger partial charge in [0.05, 0.1) is 11.1 Å². The number of aromatic nitrogens is 2. The number of anilines is 1. The first-order chi connectivity index (χ1) is 10.7. The van der Waals surface area contributed by atoms with Crippen molar-refractivity contribution in [2.24, 2.45) is 0 Å². The van der Waals surface area contributed by atoms with Gasteiger partial charge in [0, 0.05) is 43.4 Å². The topological polar surface area (TPSA) is 49.3 Å². The van der Waals surface area contributed by atoms with Crippen molar-refractivity contribution >= 4 is 23.1 Å². The van der Waals surface area contributed by atoms with Crippen LogP contribution in [0.25, 0.3) is 0 Å². The summed E-state index contributed by atoms with van der Waals surface area (Å²) in [5, 5.41) is 0. The Morgan fingerprint density at radius 3 is 2.64 bits per heavy atom. The highest BCUT2D eigenvalue weighted by Gasteiger charge is 2.24. The molecule has 5 nitrogen and oxygen atoms in total. The summed E-state index contributed by atoms with van der Waals surface area (Å²) >= 11 is 1.61. The molecule has 2 aromatic rings. The smallest absolute Gasteiger partial charge is 0.264 e. The van der Waals surface area contributed by atoms with Gasteiger partial charge in [-0.25, -0.2) is 4.98 Å². The molecule has 0 radical (unpaired) electrons. The van der Waals surface area contributed by atoms with Crippen molar-refractivity contribution in [3.8, 4) is 0 Å². The second-order valence-electron chi connectivity index (χ2n) is 5.39. The lowest BCUT2D eigenvalue weighted by molar-refractivity contribution is 0.0751. The first-order valence-electron chi connectivity index (χ1n) is 7.58. The fraction of sp³-hybridized carbons (Fsp3) is 0.438. The number of rotatable bonds is 3. The first kappa shape index (κ1) is 15.0. The Morgan fingerprint density at radius 2 is 2.05 bits per heavy atom. The van der Waals surface area contributed by atoms with Crippen LogP contribution in [0, 0.1) is 6.92 Å². The van der Waals surface area contributed by atoms with Gasteiger partial charge in [0.1, 0.15) is 5.82 Å². The highest BCUT2D eigenvalue weighted by atomic mass is 32.1. The van der Waals surface area contributed by atoms with E-state index in [9.17, 15) is 4.79 Å². The molecule has 6 heteroatoms. The molecular formula is C16H20N4OS. The Hall–Kier alpha value is -1.95. The van der Waals surface area contributed by atoms with E-state index in [1.807, 2.05) is 4.90 Å². The molecule has 2 aromatic heterocycles. The molecule has 0 N–H and O–H groups in total. The van der Waals surface area contributed by atoms with E-state index in [2.05, 4.69) is 34.8 Å². The second kappa shape index (κ2) is 6.44. The van der Waals surface area contributed by atoms with Gasteiger partial charge in [-0.05, 0) is 25.0 Å². The van der Waals surface area contributed by atoms with E-state index in [1.165, 1.54) is 10.4 Å². The first-order valence-corrected chi connectivity index (χ1v) is 8.40. The van der Waals surface area contributed by atoms with Gasteiger partial charge in [0.2, 0.25) is 0 Å². The van der Waals surface area contributed by atoms with Crippen molar-refractivity contribution < 1.29 is 4.79 Å². The van der Waals surface area contributed by atoms with E-state index < -0.39 is 0 Å². The van der Waals surface area contributed by atoms with Crippen molar-refractivity contribution in [1.82, 2.24) is 14.9 Å². The fourth-order valence-corrected chi connectivity index (χ4v) is 3.81. The molecule has 0 unspecified atom stereocenters. The highest BCUT2D eigenvalue weighted by Crippen LogP contribution is 2.24. The molecule has 0 aromatic carbocycles. The maximum absolute atomic E-state index is 12.6. The zero-order chi connectivity index (χ0) is 15.5. The summed E-state index contributed by atoms with van der Waals surface area (Å²) < 4.78 is 0. The largest absolute Gasteiger partial charge is 0.352 e. The number of hydrogen-bond donors (Lipinski definition) is 0. The van der Waals surface area contributed by atoms with Gasteiger partial charge >= 0.3 is 0 Å². The van der Waals surface area contributed by atoms with Crippen LogP contribution in [0.4, 0.5) is 5.82 Å². The average Bonchev–Trinajstić information content (AvgIpc) is 2.96. The molecule has 1 saturated heterocycles. The van der Waals surface area contributed by atoms with E-state index in [4.69, 9.17) is 0 Å². The van der Waals surface area contributed by atoms with E-state index in [1.54, 1.807) is 29.9 Å². The summed E-state index contributed by atoms with van der Waals surface area (Å²) in [4.78, 5) is 27.3. The molecule has 0 aliphatic carbocycles. The van der Waals surface area contributed by atoms with Gasteiger partial charge in [-0.2, -0.15) is 0 Å². The van der Waals surface area contributed by atoms with E-state index >= 15 is 0 Å². The van der Waals surface area contributed by atoms with Crippen molar-refractivity contribution in [2.75, 3.05) is 31.1 Å². The molecule has 1 amide bonds. The molecule has 22 heavy (non-hydrogen) atoms. The number of carbonyl (C=O) groups is 1. The summed E-state index contributed by atoms with van der Waals surface area (Å²) in [5.74, 6) is 1.04. The molecule has 3 heterocycles. The minimum Gasteiger partial charge on any atom is -0.352 e. The molecule has 0 bridgehead atoms. The molecule has 0 spiro atoms. The number of carbonyl (C=O) groups excluding carboxylic acids is 1. The molecule has 0 atom stereocenters. The average molecular weight is 316 g/mol. The fourth-order valence-electron chi connectivity index (χ4n) is 2.73. The van der Waals surface area contributed by atoms with Crippen molar-refractivity contribution in [1.29, 1.82) is 0 Å². The van der Waals surface area contributed by atoms with Crippen LogP contribution in [-0.2, 0) is 6.42 Å². The molecule has 1 aliphatic heterocycles. The number of amides is 1. The lowest BCUT2D eigenvalue weighted by Gasteiger charge is -2.35. The van der Waals surface area contributed by atoms with Crippen LogP contribution in [0.15, 0.2) is 24.7 Å². The molecule has 1 fully saturated rings. The van der Waals surface area contributed by atoms with Crippen LogP contribution in [0.3, 0.4) is 0 Å². The summed E-state index contributed by atoms with van der Waals surface area (Å²) in [6.07, 6.45) is 6.13. The summed E-state index contributed by atoms with van der Waals surface area (Å²) in [5.41, 5.74) is 1.28. The molecule has 1 aliphatic rings. The number of aryl methyl sites for hydroxylation is 2. The Bertz CT molecular complexity index is 647. The minimum absolute atomic E-state index is 0.159. The number of nitrogens with zero attached hydrogens (tertiary/aromatic N) is 4. The zero-order valence-electron chi connectivity index (χ0n) is 13.0. The predicted octanol–water partition coefficient (Wildman–Crippen LogP) is 2.37. The minimum atomic E-state index is 0.159. The van der Waals surface area contributed by atoms with Gasteiger partial charge in [0.15, 0.2) is 0 Å². The van der Waals surface area contributed by atoms with Gasteiger partial charge in [0.25, 0.3) is 5.91 Å². The lowest BCUT2D eigenvalue weighted by Crippen LogP contribution is -2.48. The standard InChI is InChI=1S/C16H20N4OS/c1-3-13-10-14(22-12(13)2)16(21)20-8-6-19(7-9-20)15-11-17-4-5-18-15/h4-5,10-11H,3,6-9H2,1-2H3. The maximum Gasteiger partial charge on any atom is 0.264 e. The number of piperazine rings is 1. The van der Waals surface area contributed by atoms with E-state index in [0.717, 1.165) is 43.3 Å². The Labute approximate surface area is 134 Å². The third-order valence-electron chi connectivity index (χ3n) is 4.05. The monoisotopic (exact) mass is 316 g/mol. The SMILES string of the molecule is CCc1cc(C(=O)N2CCN(c3cnccn3)CC2)sc1C. The van der Waals surface area contributed by atoms with Crippen molar-refractivity contribution in [3.05, 3.63) is 40.0 Å². The highest BCUT2D eigenvalue weighted by molar-refractivity contribution is 7.14. The van der Waals surface area contributed by atoms with Crippen LogP contribution in [-0.4, -0.2) is 47.0 Å². The zero-order valence-corrected chi connectivity index (χ0v) is 13.8. The normalized spacial score (nSPS) is 15.2. The van der Waals surface area contributed by atoms with Crippen LogP contribution in [0.2, 0.25) is 0 Å². The maximum atomic E-state index is 12.6. The van der Waals surface area contributed by atoms with E-state index in [0.29, 0.717) is 0 Å². The van der Waals surface area contributed by atoms with Crippen LogP contribution in [0.1, 0.15) is 27.0 Å². The quantitative estimate of drug-likeness (QED) is 0.872. The summed E-state index contributed by atoms with van der Waals surface area (Å²) in [6, 6.07) is 2.05. The van der Waals surface area contributed by atoms with Gasteiger partial charge < -0.3 is 9.80 Å². The molecular weight excluding hydrogens is 296 g/mol. The van der Waals surface area contributed by atoms with Crippen molar-refractivity contribution in [2.45, 2.75) is 20.3 Å². The van der Waals surface area contributed by atoms with Gasteiger partial charge in [-0.1, -0.05) is 6.92 Å². The predicted molar refractivity (Wildman–Crippen MR) is 88.6 cm³/mol. The summed E-state index contributed by atoms with van der Waals surface area (Å²) in [6.45, 7) is 7.28. The Kier molecular flexibility index (Phi) is 4.38. The Morgan fingerprint density at radius 1 is 1.27 bits per heavy atom. The van der Waals surface area contributed by atoms with Crippen LogP contribution < -0.4 is 4.90 Å². The molecule has 3 rings (SSSR count). The van der Waals surface area contributed by atoms with Gasteiger partial charge in [-0.3, -0.25) is 9.78 Å². The number of hydrogen-bond acceptors (Lipinski definition) is 5. The lowest BCUT2D eigenvalue weighted by atomic mass is 10.2. The van der Waals surface area contributed by atoms with Crippen LogP contribution >= 0.6 is 11.3 Å². The van der Waals surface area contributed by atoms with Crippen LogP contribution in [0.5, 0.6) is 0 Å². The van der Waals surface area contributed by atoms with Crippen molar-refractivity contribution in [3.63, 3.8) is 0 Å². The van der Waals surface area contributed by atoms with E-state index in [-0.39, 0.29) is 5.91 Å². The second-order valence-corrected chi connectivity index (χ2v) is 6.64. The van der Waals surface area contributed by atoms with Gasteiger partial charge in [-0.15, -0.1) is 11.3 Å². The Balaban J connectivity index is 1.64. The molecule has 116 valence electrons. The summed E-state index contributed by atoms with van der Waals surface area (Å²) in [7, 11) is 0. The molecule has 0 saturated carbocycles. The third kappa shape index (κ3) is 2.97. The number of thiophene rings is 1. The third-order valence-corrected chi connectivity index (χ3v) is 5.13.